The molecule has 3 saturated heterocycles. The zero-order valence-electron chi connectivity index (χ0n) is 23.3. The molecule has 0 unspecified atom stereocenters. The first-order valence-electron chi connectivity index (χ1n) is 14.5. The Bertz CT molecular complexity index is 1130. The van der Waals surface area contributed by atoms with Crippen molar-refractivity contribution in [1.29, 1.82) is 0 Å². The van der Waals surface area contributed by atoms with E-state index in [2.05, 4.69) is 17.4 Å². The van der Waals surface area contributed by atoms with Gasteiger partial charge in [-0.1, -0.05) is 54.6 Å². The Morgan fingerprint density at radius 1 is 0.750 bits per heavy atom. The van der Waals surface area contributed by atoms with Crippen LogP contribution in [0.1, 0.15) is 23.1 Å². The van der Waals surface area contributed by atoms with E-state index in [1.54, 1.807) is 0 Å². The van der Waals surface area contributed by atoms with Crippen molar-refractivity contribution < 1.29 is 33.6 Å². The molecule has 3 aliphatic heterocycles. The van der Waals surface area contributed by atoms with Crippen molar-refractivity contribution in [3.8, 4) is 0 Å². The maximum Gasteiger partial charge on any atom is 0.307 e. The number of hydrogen-bond donors (Lipinski definition) is 4. The molecule has 5 N–H and O–H groups in total. The number of aliphatic carboxylic acids is 2. The summed E-state index contributed by atoms with van der Waals surface area (Å²) in [5, 5.41) is 22.6. The lowest BCUT2D eigenvalue weighted by atomic mass is 9.82. The quantitative estimate of drug-likeness (QED) is 0.248. The SMILES string of the molecule is NCCNC(=O)C[N+]12CC[N+](CCCc3ccc(C[C@H](C(=O)O)[C@H](Cc4ccccc4)C(=O)O)cc3)(CC1)CC2. The number of piperazine rings is 3. The average Bonchev–Trinajstić information content (AvgIpc) is 2.96. The third kappa shape index (κ3) is 7.68. The third-order valence-electron chi connectivity index (χ3n) is 9.09. The molecule has 0 aliphatic carbocycles. The van der Waals surface area contributed by atoms with E-state index in [0.29, 0.717) is 19.6 Å². The van der Waals surface area contributed by atoms with Gasteiger partial charge in [-0.05, 0) is 36.0 Å². The van der Waals surface area contributed by atoms with E-state index in [1.807, 2.05) is 42.5 Å². The average molecular weight is 553 g/mol. The maximum atomic E-state index is 12.3. The molecule has 0 radical (unpaired) electrons. The first-order valence-corrected chi connectivity index (χ1v) is 14.5. The summed E-state index contributed by atoms with van der Waals surface area (Å²) in [6.45, 7) is 9.21. The molecule has 1 amide bonds. The molecule has 2 bridgehead atoms. The summed E-state index contributed by atoms with van der Waals surface area (Å²) in [6, 6.07) is 17.2. The van der Waals surface area contributed by atoms with Gasteiger partial charge in [-0.15, -0.1) is 0 Å². The third-order valence-corrected chi connectivity index (χ3v) is 9.09. The molecule has 2 aromatic rings. The van der Waals surface area contributed by atoms with Crippen molar-refractivity contribution in [3.05, 3.63) is 71.3 Å². The number of benzene rings is 2. The fourth-order valence-corrected chi connectivity index (χ4v) is 6.47. The largest absolute Gasteiger partial charge is 0.481 e. The van der Waals surface area contributed by atoms with Gasteiger partial charge in [0.25, 0.3) is 5.91 Å². The van der Waals surface area contributed by atoms with Crippen LogP contribution in [-0.4, -0.2) is 102 Å². The minimum absolute atomic E-state index is 0.111. The van der Waals surface area contributed by atoms with Gasteiger partial charge in [-0.3, -0.25) is 14.4 Å². The summed E-state index contributed by atoms with van der Waals surface area (Å²) >= 11 is 0. The summed E-state index contributed by atoms with van der Waals surface area (Å²) in [6.07, 6.45) is 2.40. The zero-order chi connectivity index (χ0) is 28.6. The van der Waals surface area contributed by atoms with Crippen LogP contribution in [0.5, 0.6) is 0 Å². The van der Waals surface area contributed by atoms with Crippen LogP contribution in [0.15, 0.2) is 54.6 Å². The molecule has 0 saturated carbocycles. The Morgan fingerprint density at radius 3 is 1.77 bits per heavy atom. The predicted molar refractivity (Wildman–Crippen MR) is 152 cm³/mol. The lowest BCUT2D eigenvalue weighted by Gasteiger charge is -2.55. The molecule has 9 nitrogen and oxygen atoms in total. The number of carbonyl (C=O) groups is 3. The van der Waals surface area contributed by atoms with Crippen LogP contribution in [0, 0.1) is 11.8 Å². The van der Waals surface area contributed by atoms with Crippen LogP contribution in [0.3, 0.4) is 0 Å². The molecule has 3 aliphatic rings. The highest BCUT2D eigenvalue weighted by Gasteiger charge is 2.49. The normalized spacial score (nSPS) is 23.3. The molecule has 3 heterocycles. The molecular weight excluding hydrogens is 508 g/mol. The molecule has 0 aromatic heterocycles. The van der Waals surface area contributed by atoms with E-state index in [0.717, 1.165) is 78.7 Å². The molecule has 216 valence electrons. The van der Waals surface area contributed by atoms with Gasteiger partial charge >= 0.3 is 11.9 Å². The first-order chi connectivity index (χ1) is 19.2. The number of quaternary nitrogens is 2. The van der Waals surface area contributed by atoms with Gasteiger partial charge in [0.05, 0.1) is 18.4 Å². The van der Waals surface area contributed by atoms with Gasteiger partial charge in [0, 0.05) is 19.5 Å². The van der Waals surface area contributed by atoms with Gasteiger partial charge < -0.3 is 30.2 Å². The highest BCUT2D eigenvalue weighted by atomic mass is 16.4. The maximum absolute atomic E-state index is 12.3. The highest BCUT2D eigenvalue weighted by Crippen LogP contribution is 2.28. The first kappa shape index (κ1) is 29.7. The molecule has 2 aromatic carbocycles. The minimum atomic E-state index is -1.08. The van der Waals surface area contributed by atoms with Gasteiger partial charge in [0.1, 0.15) is 39.3 Å². The number of carbonyl (C=O) groups excluding carboxylic acids is 1. The summed E-state index contributed by atoms with van der Waals surface area (Å²) in [5.41, 5.74) is 8.38. The van der Waals surface area contributed by atoms with Gasteiger partial charge in [0.2, 0.25) is 0 Å². The molecule has 40 heavy (non-hydrogen) atoms. The summed E-state index contributed by atoms with van der Waals surface area (Å²) in [4.78, 5) is 36.4. The van der Waals surface area contributed by atoms with Crippen LogP contribution < -0.4 is 11.1 Å². The topological polar surface area (TPSA) is 130 Å². The van der Waals surface area contributed by atoms with Crippen molar-refractivity contribution >= 4 is 17.8 Å². The van der Waals surface area contributed by atoms with Crippen LogP contribution in [0.2, 0.25) is 0 Å². The Morgan fingerprint density at radius 2 is 1.25 bits per heavy atom. The van der Waals surface area contributed by atoms with E-state index in [9.17, 15) is 24.6 Å². The van der Waals surface area contributed by atoms with Crippen LogP contribution >= 0.6 is 0 Å². The summed E-state index contributed by atoms with van der Waals surface area (Å²) < 4.78 is 2.05. The van der Waals surface area contributed by atoms with Gasteiger partial charge in [-0.2, -0.15) is 0 Å². The lowest BCUT2D eigenvalue weighted by molar-refractivity contribution is -1.08. The number of fused-ring (bicyclic) bond motifs is 3. The van der Waals surface area contributed by atoms with Gasteiger partial charge in [-0.25, -0.2) is 0 Å². The number of nitrogens with zero attached hydrogens (tertiary/aromatic N) is 2. The number of amides is 1. The molecule has 5 rings (SSSR count). The molecule has 2 atom stereocenters. The van der Waals surface area contributed by atoms with E-state index in [-0.39, 0.29) is 18.7 Å². The second kappa shape index (κ2) is 13.4. The zero-order valence-corrected chi connectivity index (χ0v) is 23.3. The molecule has 0 spiro atoms. The minimum Gasteiger partial charge on any atom is -0.481 e. The Hall–Kier alpha value is -3.27. The van der Waals surface area contributed by atoms with Crippen molar-refractivity contribution in [2.45, 2.75) is 25.7 Å². The number of rotatable bonds is 15. The Labute approximate surface area is 236 Å². The van der Waals surface area contributed by atoms with Crippen molar-refractivity contribution in [2.24, 2.45) is 17.6 Å². The number of aryl methyl sites for hydroxylation is 1. The van der Waals surface area contributed by atoms with Crippen molar-refractivity contribution in [2.75, 3.05) is 65.4 Å². The molecular formula is C31H44N4O5+2. The van der Waals surface area contributed by atoms with Crippen LogP contribution in [0.25, 0.3) is 0 Å². The molecule has 3 fully saturated rings. The van der Waals surface area contributed by atoms with E-state index in [1.165, 1.54) is 5.56 Å². The van der Waals surface area contributed by atoms with E-state index >= 15 is 0 Å². The van der Waals surface area contributed by atoms with E-state index < -0.39 is 23.8 Å². The predicted octanol–water partition coefficient (Wildman–Crippen LogP) is 1.54. The number of hydrogen-bond acceptors (Lipinski definition) is 4. The fraction of sp³-hybridized carbons (Fsp3) is 0.516. The number of nitrogens with two attached hydrogens (primary N) is 1. The van der Waals surface area contributed by atoms with Crippen LogP contribution in [-0.2, 0) is 33.6 Å². The van der Waals surface area contributed by atoms with Crippen molar-refractivity contribution in [3.63, 3.8) is 0 Å². The monoisotopic (exact) mass is 552 g/mol. The van der Waals surface area contributed by atoms with Crippen molar-refractivity contribution in [1.82, 2.24) is 5.32 Å². The van der Waals surface area contributed by atoms with E-state index in [4.69, 9.17) is 5.73 Å². The summed E-state index contributed by atoms with van der Waals surface area (Å²) in [7, 11) is 0. The second-order valence-corrected chi connectivity index (χ2v) is 11.7. The second-order valence-electron chi connectivity index (χ2n) is 11.7. The molecule has 9 heteroatoms. The highest BCUT2D eigenvalue weighted by molar-refractivity contribution is 5.80. The smallest absolute Gasteiger partial charge is 0.307 e. The standard InChI is InChI=1S/C31H42N4O5/c32-12-13-33-29(36)23-35-18-15-34(16-19-35,17-20-35)14-4-7-24-8-10-26(11-9-24)22-28(31(39)40)27(30(37)38)21-25-5-2-1-3-6-25/h1-3,5-6,8-11,27-28H,4,7,12-23,32H2,(H-2,33,36,37,38,39,40)/p+2/t27-,28-,34?,35?/m0/s1. The number of carboxylic acid groups (broad SMARTS) is 2. The Kier molecular flexibility index (Phi) is 9.95. The fourth-order valence-electron chi connectivity index (χ4n) is 6.47. The Balaban J connectivity index is 1.27. The number of carboxylic acids is 2. The summed E-state index contributed by atoms with van der Waals surface area (Å²) in [5.74, 6) is -4.06. The van der Waals surface area contributed by atoms with Crippen LogP contribution in [0.4, 0.5) is 0 Å². The lowest BCUT2D eigenvalue weighted by Crippen LogP contribution is -2.76. The van der Waals surface area contributed by atoms with Gasteiger partial charge in [0.15, 0.2) is 6.54 Å². The number of nitrogens with one attached hydrogen (secondary N) is 1.